The topological polar surface area (TPSA) is 81.9 Å². The molecule has 0 spiro atoms. The molecule has 0 radical (unpaired) electrons. The van der Waals surface area contributed by atoms with E-state index in [1.807, 2.05) is 4.90 Å². The third kappa shape index (κ3) is 4.06. The number of amides is 1. The molecular formula is C18H26N2O4. The van der Waals surface area contributed by atoms with Gasteiger partial charge in [-0.15, -0.1) is 0 Å². The van der Waals surface area contributed by atoms with Gasteiger partial charge in [-0.05, 0) is 36.6 Å². The number of hydrogen-bond acceptors (Lipinski definition) is 5. The van der Waals surface area contributed by atoms with Crippen molar-refractivity contribution >= 4 is 11.7 Å². The highest BCUT2D eigenvalue weighted by Crippen LogP contribution is 2.30. The summed E-state index contributed by atoms with van der Waals surface area (Å²) in [6, 6.07) is 5.03. The lowest BCUT2D eigenvalue weighted by molar-refractivity contribution is -0.130. The molecule has 0 bridgehead atoms. The molecule has 1 fully saturated rings. The van der Waals surface area contributed by atoms with Crippen molar-refractivity contribution < 1.29 is 19.1 Å². The van der Waals surface area contributed by atoms with Gasteiger partial charge in [0.25, 0.3) is 0 Å². The van der Waals surface area contributed by atoms with Crippen LogP contribution in [0.5, 0.6) is 11.5 Å². The second-order valence-corrected chi connectivity index (χ2v) is 6.57. The summed E-state index contributed by atoms with van der Waals surface area (Å²) in [7, 11) is 3.07. The Labute approximate surface area is 142 Å². The zero-order valence-electron chi connectivity index (χ0n) is 14.6. The van der Waals surface area contributed by atoms with E-state index in [2.05, 4.69) is 6.92 Å². The number of Topliss-reactive ketones (excluding diaryl/α,β-unsaturated/α-hetero) is 1. The molecule has 1 saturated heterocycles. The molecule has 1 aliphatic rings. The van der Waals surface area contributed by atoms with E-state index in [0.29, 0.717) is 30.2 Å². The number of hydrogen-bond donors (Lipinski definition) is 1. The Morgan fingerprint density at radius 1 is 1.21 bits per heavy atom. The summed E-state index contributed by atoms with van der Waals surface area (Å²) >= 11 is 0. The van der Waals surface area contributed by atoms with E-state index < -0.39 is 0 Å². The Hall–Kier alpha value is -2.08. The van der Waals surface area contributed by atoms with Gasteiger partial charge in [-0.2, -0.15) is 0 Å². The number of ketones is 1. The van der Waals surface area contributed by atoms with Crippen molar-refractivity contribution in [3.05, 3.63) is 23.8 Å². The molecule has 6 nitrogen and oxygen atoms in total. The first-order chi connectivity index (χ1) is 11.4. The molecule has 6 heteroatoms. The van der Waals surface area contributed by atoms with Gasteiger partial charge in [-0.3, -0.25) is 9.59 Å². The van der Waals surface area contributed by atoms with Gasteiger partial charge in [0.15, 0.2) is 17.3 Å². The Morgan fingerprint density at radius 2 is 1.92 bits per heavy atom. The molecule has 0 aliphatic carbocycles. The van der Waals surface area contributed by atoms with Crippen LogP contribution in [-0.4, -0.2) is 50.4 Å². The van der Waals surface area contributed by atoms with Crippen LogP contribution in [0.25, 0.3) is 0 Å². The molecule has 2 N–H and O–H groups in total. The fourth-order valence-corrected chi connectivity index (χ4v) is 2.94. The number of nitrogens with zero attached hydrogens (tertiary/aromatic N) is 1. The second-order valence-electron chi connectivity index (χ2n) is 6.57. The normalized spacial score (nSPS) is 20.1. The molecule has 0 saturated carbocycles. The zero-order chi connectivity index (χ0) is 17.7. The maximum Gasteiger partial charge on any atom is 0.223 e. The van der Waals surface area contributed by atoms with E-state index in [1.54, 1.807) is 25.3 Å². The van der Waals surface area contributed by atoms with Crippen molar-refractivity contribution in [2.75, 3.05) is 33.9 Å². The molecule has 0 aromatic heterocycles. The van der Waals surface area contributed by atoms with Crippen LogP contribution in [0.3, 0.4) is 0 Å². The van der Waals surface area contributed by atoms with Gasteiger partial charge in [0.2, 0.25) is 5.91 Å². The van der Waals surface area contributed by atoms with Crippen molar-refractivity contribution in [3.8, 4) is 11.5 Å². The van der Waals surface area contributed by atoms with Crippen molar-refractivity contribution in [2.24, 2.45) is 11.1 Å². The molecule has 1 unspecified atom stereocenters. The van der Waals surface area contributed by atoms with Crippen molar-refractivity contribution in [3.63, 3.8) is 0 Å². The Kier molecular flexibility index (Phi) is 5.83. The summed E-state index contributed by atoms with van der Waals surface area (Å²) in [6.07, 6.45) is 1.32. The predicted molar refractivity (Wildman–Crippen MR) is 91.5 cm³/mol. The van der Waals surface area contributed by atoms with Crippen LogP contribution in [0.2, 0.25) is 0 Å². The third-order valence-corrected chi connectivity index (χ3v) is 4.67. The van der Waals surface area contributed by atoms with Gasteiger partial charge < -0.3 is 20.1 Å². The van der Waals surface area contributed by atoms with Crippen molar-refractivity contribution in [1.29, 1.82) is 0 Å². The minimum atomic E-state index is -0.0786. The van der Waals surface area contributed by atoms with Crippen LogP contribution in [0, 0.1) is 5.41 Å². The largest absolute Gasteiger partial charge is 0.493 e. The Balaban J connectivity index is 1.92. The standard InChI is InChI=1S/C18H26N2O4/c1-18(11-19)8-9-20(12-18)17(22)7-5-14(21)13-4-6-15(23-2)16(10-13)24-3/h4,6,10H,5,7-9,11-12,19H2,1-3H3. The summed E-state index contributed by atoms with van der Waals surface area (Å²) < 4.78 is 10.4. The first-order valence-electron chi connectivity index (χ1n) is 8.15. The van der Waals surface area contributed by atoms with Gasteiger partial charge in [0, 0.05) is 31.5 Å². The number of carbonyl (C=O) groups excluding carboxylic acids is 2. The van der Waals surface area contributed by atoms with Crippen LogP contribution in [0.15, 0.2) is 18.2 Å². The SMILES string of the molecule is COc1ccc(C(=O)CCC(=O)N2CCC(C)(CN)C2)cc1OC. The van der Waals surface area contributed by atoms with Crippen LogP contribution in [0.1, 0.15) is 36.5 Å². The summed E-state index contributed by atoms with van der Waals surface area (Å²) in [6.45, 7) is 4.06. The molecule has 1 amide bonds. The van der Waals surface area contributed by atoms with Crippen molar-refractivity contribution in [1.82, 2.24) is 4.90 Å². The fraction of sp³-hybridized carbons (Fsp3) is 0.556. The predicted octanol–water partition coefficient (Wildman–Crippen LogP) is 1.86. The number of rotatable bonds is 7. The van der Waals surface area contributed by atoms with Crippen LogP contribution >= 0.6 is 0 Å². The quantitative estimate of drug-likeness (QED) is 0.770. The van der Waals surface area contributed by atoms with Crippen LogP contribution in [0.4, 0.5) is 0 Å². The van der Waals surface area contributed by atoms with E-state index in [1.165, 1.54) is 7.11 Å². The summed E-state index contributed by atoms with van der Waals surface area (Å²) in [5.74, 6) is 1.02. The van der Waals surface area contributed by atoms with Gasteiger partial charge >= 0.3 is 0 Å². The van der Waals surface area contributed by atoms with E-state index in [0.717, 1.165) is 13.0 Å². The van der Waals surface area contributed by atoms with Gasteiger partial charge in [0.05, 0.1) is 14.2 Å². The minimum absolute atomic E-state index is 0.00299. The maximum atomic E-state index is 12.3. The molecule has 24 heavy (non-hydrogen) atoms. The first-order valence-corrected chi connectivity index (χ1v) is 8.15. The summed E-state index contributed by atoms with van der Waals surface area (Å²) in [5, 5.41) is 0. The number of methoxy groups -OCH3 is 2. The maximum absolute atomic E-state index is 12.3. The van der Waals surface area contributed by atoms with E-state index in [-0.39, 0.29) is 29.9 Å². The van der Waals surface area contributed by atoms with Crippen molar-refractivity contribution in [2.45, 2.75) is 26.2 Å². The number of nitrogens with two attached hydrogens (primary N) is 1. The third-order valence-electron chi connectivity index (χ3n) is 4.67. The molecular weight excluding hydrogens is 308 g/mol. The Morgan fingerprint density at radius 3 is 2.50 bits per heavy atom. The van der Waals surface area contributed by atoms with Crippen LogP contribution in [-0.2, 0) is 4.79 Å². The van der Waals surface area contributed by atoms with Crippen LogP contribution < -0.4 is 15.2 Å². The highest BCUT2D eigenvalue weighted by atomic mass is 16.5. The van der Waals surface area contributed by atoms with Gasteiger partial charge in [-0.1, -0.05) is 6.92 Å². The number of ether oxygens (including phenoxy) is 2. The fourth-order valence-electron chi connectivity index (χ4n) is 2.94. The number of carbonyl (C=O) groups is 2. The highest BCUT2D eigenvalue weighted by molar-refractivity contribution is 5.98. The summed E-state index contributed by atoms with van der Waals surface area (Å²) in [5.41, 5.74) is 6.29. The van der Waals surface area contributed by atoms with Gasteiger partial charge in [0.1, 0.15) is 0 Å². The molecule has 1 aromatic carbocycles. The molecule has 1 atom stereocenters. The smallest absolute Gasteiger partial charge is 0.223 e. The summed E-state index contributed by atoms with van der Waals surface area (Å²) in [4.78, 5) is 26.4. The van der Waals surface area contributed by atoms with E-state index >= 15 is 0 Å². The van der Waals surface area contributed by atoms with Gasteiger partial charge in [-0.25, -0.2) is 0 Å². The number of benzene rings is 1. The lowest BCUT2D eigenvalue weighted by Gasteiger charge is -2.22. The molecule has 1 aliphatic heterocycles. The molecule has 2 rings (SSSR count). The zero-order valence-corrected chi connectivity index (χ0v) is 14.6. The second kappa shape index (κ2) is 7.66. The monoisotopic (exact) mass is 334 g/mol. The number of likely N-dealkylation sites (tertiary alicyclic amines) is 1. The molecule has 1 aromatic rings. The van der Waals surface area contributed by atoms with E-state index in [4.69, 9.17) is 15.2 Å². The lowest BCUT2D eigenvalue weighted by atomic mass is 9.90. The highest BCUT2D eigenvalue weighted by Gasteiger charge is 2.34. The van der Waals surface area contributed by atoms with E-state index in [9.17, 15) is 9.59 Å². The molecule has 132 valence electrons. The average Bonchev–Trinajstić information content (AvgIpc) is 3.01. The average molecular weight is 334 g/mol. The lowest BCUT2D eigenvalue weighted by Crippen LogP contribution is -2.34. The first kappa shape index (κ1) is 18.3. The minimum Gasteiger partial charge on any atom is -0.493 e. The molecule has 1 heterocycles. The Bertz CT molecular complexity index is 617.